The van der Waals surface area contributed by atoms with Crippen LogP contribution in [0, 0.1) is 0 Å². The lowest BCUT2D eigenvalue weighted by molar-refractivity contribution is -0.120. The lowest BCUT2D eigenvalue weighted by Gasteiger charge is -2.19. The first-order chi connectivity index (χ1) is 12.6. The van der Waals surface area contributed by atoms with E-state index < -0.39 is 0 Å². The van der Waals surface area contributed by atoms with E-state index in [1.165, 1.54) is 0 Å². The number of rotatable bonds is 6. The minimum Gasteiger partial charge on any atom is -0.344 e. The van der Waals surface area contributed by atoms with Gasteiger partial charge in [0.25, 0.3) is 5.91 Å². The highest BCUT2D eigenvalue weighted by Crippen LogP contribution is 2.25. The molecule has 0 saturated heterocycles. The van der Waals surface area contributed by atoms with Crippen LogP contribution in [0.2, 0.25) is 5.02 Å². The largest absolute Gasteiger partial charge is 0.344 e. The molecule has 1 aromatic heterocycles. The molecule has 1 heterocycles. The Balaban J connectivity index is 1.66. The van der Waals surface area contributed by atoms with E-state index >= 15 is 0 Å². The van der Waals surface area contributed by atoms with E-state index in [9.17, 15) is 9.59 Å². The Labute approximate surface area is 160 Å². The number of thiophene rings is 1. The van der Waals surface area contributed by atoms with Crippen LogP contribution in [0.15, 0.2) is 71.4 Å². The molecule has 4 nitrogen and oxygen atoms in total. The van der Waals surface area contributed by atoms with Crippen LogP contribution in [0.3, 0.4) is 0 Å². The van der Waals surface area contributed by atoms with Gasteiger partial charge in [0.2, 0.25) is 5.91 Å². The van der Waals surface area contributed by atoms with Crippen molar-refractivity contribution in [1.29, 1.82) is 0 Å². The molecular formula is C20H17ClN2O2S. The van der Waals surface area contributed by atoms with Gasteiger partial charge < -0.3 is 10.6 Å². The van der Waals surface area contributed by atoms with Gasteiger partial charge in [0.05, 0.1) is 12.6 Å². The molecule has 6 heteroatoms. The molecule has 0 radical (unpaired) electrons. The fourth-order valence-electron chi connectivity index (χ4n) is 2.52. The van der Waals surface area contributed by atoms with Crippen LogP contribution in [0.4, 0.5) is 0 Å². The molecule has 0 aliphatic heterocycles. The molecule has 1 unspecified atom stereocenters. The van der Waals surface area contributed by atoms with Gasteiger partial charge in [-0.15, -0.1) is 0 Å². The molecule has 26 heavy (non-hydrogen) atoms. The van der Waals surface area contributed by atoms with Crippen LogP contribution in [0.25, 0.3) is 0 Å². The van der Waals surface area contributed by atoms with Crippen LogP contribution in [-0.4, -0.2) is 18.4 Å². The van der Waals surface area contributed by atoms with E-state index in [4.69, 9.17) is 11.6 Å². The second kappa shape index (κ2) is 8.65. The normalized spacial score (nSPS) is 11.6. The van der Waals surface area contributed by atoms with Crippen LogP contribution in [0.5, 0.6) is 0 Å². The number of halogens is 1. The van der Waals surface area contributed by atoms with Gasteiger partial charge in [0.1, 0.15) is 0 Å². The number of hydrogen-bond acceptors (Lipinski definition) is 3. The zero-order valence-electron chi connectivity index (χ0n) is 13.8. The highest BCUT2D eigenvalue weighted by molar-refractivity contribution is 7.08. The predicted octanol–water partition coefficient (Wildman–Crippen LogP) is 4.04. The topological polar surface area (TPSA) is 58.2 Å². The van der Waals surface area contributed by atoms with Crippen molar-refractivity contribution in [2.75, 3.05) is 6.54 Å². The lowest BCUT2D eigenvalue weighted by atomic mass is 10.0. The van der Waals surface area contributed by atoms with E-state index in [0.29, 0.717) is 10.6 Å². The lowest BCUT2D eigenvalue weighted by Crippen LogP contribution is -2.38. The summed E-state index contributed by atoms with van der Waals surface area (Å²) in [5.74, 6) is -0.542. The molecule has 3 aromatic rings. The van der Waals surface area contributed by atoms with Crippen LogP contribution >= 0.6 is 22.9 Å². The van der Waals surface area contributed by atoms with Gasteiger partial charge in [0, 0.05) is 10.6 Å². The van der Waals surface area contributed by atoms with Gasteiger partial charge in [-0.1, -0.05) is 41.9 Å². The zero-order chi connectivity index (χ0) is 18.4. The van der Waals surface area contributed by atoms with E-state index in [2.05, 4.69) is 10.6 Å². The van der Waals surface area contributed by atoms with Crippen molar-refractivity contribution in [1.82, 2.24) is 10.6 Å². The maximum Gasteiger partial charge on any atom is 0.251 e. The summed E-state index contributed by atoms with van der Waals surface area (Å²) in [5, 5.41) is 10.2. The highest BCUT2D eigenvalue weighted by atomic mass is 35.5. The molecule has 0 fully saturated rings. The second-order valence-electron chi connectivity index (χ2n) is 5.66. The third kappa shape index (κ3) is 4.71. The van der Waals surface area contributed by atoms with Gasteiger partial charge in [-0.3, -0.25) is 9.59 Å². The Bertz CT molecular complexity index is 865. The fraction of sp³-hybridized carbons (Fsp3) is 0.100. The Morgan fingerprint density at radius 3 is 2.35 bits per heavy atom. The van der Waals surface area contributed by atoms with Gasteiger partial charge in [-0.05, 0) is 52.2 Å². The number of benzene rings is 2. The summed E-state index contributed by atoms with van der Waals surface area (Å²) in [6.07, 6.45) is 0. The minimum absolute atomic E-state index is 0.0953. The van der Waals surface area contributed by atoms with Crippen LogP contribution in [0.1, 0.15) is 27.5 Å². The Morgan fingerprint density at radius 1 is 0.962 bits per heavy atom. The number of carbonyl (C=O) groups is 2. The van der Waals surface area contributed by atoms with Crippen molar-refractivity contribution in [3.8, 4) is 0 Å². The summed E-state index contributed by atoms with van der Waals surface area (Å²) < 4.78 is 0. The number of hydrogen-bond donors (Lipinski definition) is 2. The summed E-state index contributed by atoms with van der Waals surface area (Å²) in [7, 11) is 0. The Morgan fingerprint density at radius 2 is 1.69 bits per heavy atom. The molecule has 0 bridgehead atoms. The standard InChI is InChI=1S/C20H17ClN2O2S/c21-17-8-6-14(7-9-17)19(16-10-11-26-13-16)23-18(24)12-22-20(25)15-4-2-1-3-5-15/h1-11,13,19H,12H2,(H,22,25)(H,23,24). The molecular weight excluding hydrogens is 368 g/mol. The molecule has 0 aliphatic rings. The van der Waals surface area contributed by atoms with E-state index in [1.807, 2.05) is 35.0 Å². The van der Waals surface area contributed by atoms with Crippen LogP contribution in [-0.2, 0) is 4.79 Å². The fourth-order valence-corrected chi connectivity index (χ4v) is 3.33. The monoisotopic (exact) mass is 384 g/mol. The summed E-state index contributed by atoms with van der Waals surface area (Å²) in [6.45, 7) is -0.0953. The predicted molar refractivity (Wildman–Crippen MR) is 105 cm³/mol. The number of nitrogens with one attached hydrogen (secondary N) is 2. The highest BCUT2D eigenvalue weighted by Gasteiger charge is 2.18. The van der Waals surface area contributed by atoms with Crippen LogP contribution < -0.4 is 10.6 Å². The van der Waals surface area contributed by atoms with E-state index in [1.54, 1.807) is 47.7 Å². The number of carbonyl (C=O) groups excluding carboxylic acids is 2. The molecule has 2 aromatic carbocycles. The minimum atomic E-state index is -0.292. The van der Waals surface area contributed by atoms with E-state index in [-0.39, 0.29) is 24.4 Å². The molecule has 132 valence electrons. The first-order valence-electron chi connectivity index (χ1n) is 8.03. The number of amides is 2. The summed E-state index contributed by atoms with van der Waals surface area (Å²) >= 11 is 7.52. The first-order valence-corrected chi connectivity index (χ1v) is 9.36. The van der Waals surface area contributed by atoms with Crippen molar-refractivity contribution >= 4 is 34.8 Å². The average Bonchev–Trinajstić information content (AvgIpc) is 3.20. The van der Waals surface area contributed by atoms with Crippen molar-refractivity contribution in [2.24, 2.45) is 0 Å². The molecule has 3 rings (SSSR count). The van der Waals surface area contributed by atoms with Gasteiger partial charge in [0.15, 0.2) is 0 Å². The third-order valence-electron chi connectivity index (χ3n) is 3.83. The SMILES string of the molecule is O=C(CNC(=O)c1ccccc1)NC(c1ccc(Cl)cc1)c1ccsc1. The van der Waals surface area contributed by atoms with Gasteiger partial charge in [-0.25, -0.2) is 0 Å². The molecule has 2 N–H and O–H groups in total. The first kappa shape index (κ1) is 18.2. The molecule has 0 saturated carbocycles. The molecule has 0 spiro atoms. The third-order valence-corrected chi connectivity index (χ3v) is 4.78. The summed E-state index contributed by atoms with van der Waals surface area (Å²) in [4.78, 5) is 24.4. The van der Waals surface area contributed by atoms with Crippen molar-refractivity contribution in [3.05, 3.63) is 93.1 Å². The van der Waals surface area contributed by atoms with Crippen molar-refractivity contribution in [3.63, 3.8) is 0 Å². The van der Waals surface area contributed by atoms with Gasteiger partial charge in [-0.2, -0.15) is 11.3 Å². The van der Waals surface area contributed by atoms with Gasteiger partial charge >= 0.3 is 0 Å². The molecule has 0 aliphatic carbocycles. The molecule has 1 atom stereocenters. The quantitative estimate of drug-likeness (QED) is 0.674. The second-order valence-corrected chi connectivity index (χ2v) is 6.87. The molecule has 2 amide bonds. The van der Waals surface area contributed by atoms with Crippen molar-refractivity contribution < 1.29 is 9.59 Å². The zero-order valence-corrected chi connectivity index (χ0v) is 15.4. The average molecular weight is 385 g/mol. The summed E-state index contributed by atoms with van der Waals surface area (Å²) in [5.41, 5.74) is 2.43. The Hall–Kier alpha value is -2.63. The van der Waals surface area contributed by atoms with Crippen molar-refractivity contribution in [2.45, 2.75) is 6.04 Å². The Kier molecular flexibility index (Phi) is 6.04. The summed E-state index contributed by atoms with van der Waals surface area (Å²) in [6, 6.07) is 17.8. The smallest absolute Gasteiger partial charge is 0.251 e. The maximum atomic E-state index is 12.4. The maximum absolute atomic E-state index is 12.4. The van der Waals surface area contributed by atoms with E-state index in [0.717, 1.165) is 11.1 Å².